The highest BCUT2D eigenvalue weighted by Crippen LogP contribution is 2.29. The molecule has 1 aromatic heterocycles. The second kappa shape index (κ2) is 5.17. The molecule has 3 rings (SSSR count). The fourth-order valence-corrected chi connectivity index (χ4v) is 2.80. The SMILES string of the molecule is COc1cccc2c(C(=O)N3CCNCC3)cn(C)c12. The third kappa shape index (κ3) is 2.04. The zero-order valence-electron chi connectivity index (χ0n) is 11.8. The fraction of sp³-hybridized carbons (Fsp3) is 0.400. The Morgan fingerprint density at radius 1 is 1.30 bits per heavy atom. The van der Waals surface area contributed by atoms with E-state index in [-0.39, 0.29) is 5.91 Å². The van der Waals surface area contributed by atoms with Gasteiger partial charge in [-0.25, -0.2) is 0 Å². The maximum atomic E-state index is 12.7. The van der Waals surface area contributed by atoms with Crippen molar-refractivity contribution < 1.29 is 9.53 Å². The maximum Gasteiger partial charge on any atom is 0.256 e. The van der Waals surface area contributed by atoms with E-state index in [2.05, 4.69) is 5.32 Å². The number of para-hydroxylation sites is 1. The van der Waals surface area contributed by atoms with Crippen molar-refractivity contribution in [1.82, 2.24) is 14.8 Å². The molecular weight excluding hydrogens is 254 g/mol. The molecule has 0 spiro atoms. The summed E-state index contributed by atoms with van der Waals surface area (Å²) in [4.78, 5) is 14.6. The van der Waals surface area contributed by atoms with E-state index in [9.17, 15) is 4.79 Å². The molecule has 106 valence electrons. The first-order chi connectivity index (χ1) is 9.72. The second-order valence-corrected chi connectivity index (χ2v) is 5.05. The highest BCUT2D eigenvalue weighted by molar-refractivity contribution is 6.08. The number of aromatic nitrogens is 1. The Bertz CT molecular complexity index is 642. The summed E-state index contributed by atoms with van der Waals surface area (Å²) in [5.74, 6) is 0.898. The van der Waals surface area contributed by atoms with Crippen LogP contribution in [0.1, 0.15) is 10.4 Å². The van der Waals surface area contributed by atoms with E-state index in [4.69, 9.17) is 4.74 Å². The van der Waals surface area contributed by atoms with Gasteiger partial charge in [0.15, 0.2) is 0 Å². The number of ether oxygens (including phenoxy) is 1. The molecule has 1 aliphatic heterocycles. The van der Waals surface area contributed by atoms with Gasteiger partial charge in [0.1, 0.15) is 5.75 Å². The second-order valence-electron chi connectivity index (χ2n) is 5.05. The molecule has 5 heteroatoms. The van der Waals surface area contributed by atoms with E-state index in [1.54, 1.807) is 7.11 Å². The molecule has 1 saturated heterocycles. The highest BCUT2D eigenvalue weighted by Gasteiger charge is 2.22. The summed E-state index contributed by atoms with van der Waals surface area (Å²) in [6.07, 6.45) is 1.90. The van der Waals surface area contributed by atoms with Crippen molar-refractivity contribution in [2.75, 3.05) is 33.3 Å². The van der Waals surface area contributed by atoms with Crippen LogP contribution in [0.4, 0.5) is 0 Å². The van der Waals surface area contributed by atoms with Gasteiger partial charge in [-0.1, -0.05) is 12.1 Å². The van der Waals surface area contributed by atoms with Crippen LogP contribution < -0.4 is 10.1 Å². The molecule has 20 heavy (non-hydrogen) atoms. The number of nitrogens with zero attached hydrogens (tertiary/aromatic N) is 2. The van der Waals surface area contributed by atoms with Gasteiger partial charge in [-0.15, -0.1) is 0 Å². The predicted molar refractivity (Wildman–Crippen MR) is 78.2 cm³/mol. The molecule has 0 bridgehead atoms. The van der Waals surface area contributed by atoms with Gasteiger partial charge >= 0.3 is 0 Å². The van der Waals surface area contributed by atoms with Gasteiger partial charge in [-0.3, -0.25) is 4.79 Å². The van der Waals surface area contributed by atoms with Gasteiger partial charge in [-0.05, 0) is 6.07 Å². The summed E-state index contributed by atoms with van der Waals surface area (Å²) >= 11 is 0. The van der Waals surface area contributed by atoms with Crippen molar-refractivity contribution >= 4 is 16.8 Å². The van der Waals surface area contributed by atoms with Crippen LogP contribution in [0, 0.1) is 0 Å². The number of hydrogen-bond acceptors (Lipinski definition) is 3. The lowest BCUT2D eigenvalue weighted by atomic mass is 10.1. The predicted octanol–water partition coefficient (Wildman–Crippen LogP) is 1.23. The smallest absolute Gasteiger partial charge is 0.256 e. The first-order valence-electron chi connectivity index (χ1n) is 6.84. The van der Waals surface area contributed by atoms with Crippen molar-refractivity contribution in [1.29, 1.82) is 0 Å². The number of hydrogen-bond donors (Lipinski definition) is 1. The van der Waals surface area contributed by atoms with Crippen LogP contribution in [0.15, 0.2) is 24.4 Å². The standard InChI is InChI=1S/C15H19N3O2/c1-17-10-12(15(19)18-8-6-16-7-9-18)11-4-3-5-13(20-2)14(11)17/h3-5,10,16H,6-9H2,1-2H3. The molecule has 0 aliphatic carbocycles. The van der Waals surface area contributed by atoms with E-state index >= 15 is 0 Å². The number of benzene rings is 1. The monoisotopic (exact) mass is 273 g/mol. The first kappa shape index (κ1) is 13.0. The number of carbonyl (C=O) groups excluding carboxylic acids is 1. The summed E-state index contributed by atoms with van der Waals surface area (Å²) in [7, 11) is 3.60. The Hall–Kier alpha value is -2.01. The first-order valence-corrected chi connectivity index (χ1v) is 6.84. The van der Waals surface area contributed by atoms with Gasteiger partial charge in [0.25, 0.3) is 5.91 Å². The van der Waals surface area contributed by atoms with Gasteiger partial charge in [0, 0.05) is 44.8 Å². The van der Waals surface area contributed by atoms with Gasteiger partial charge in [0.2, 0.25) is 0 Å². The molecule has 2 aromatic rings. The molecule has 1 aromatic carbocycles. The molecule has 5 nitrogen and oxygen atoms in total. The number of amides is 1. The quantitative estimate of drug-likeness (QED) is 0.895. The Balaban J connectivity index is 2.05. The molecule has 0 saturated carbocycles. The van der Waals surface area contributed by atoms with Crippen LogP contribution in [0.3, 0.4) is 0 Å². The third-order valence-electron chi connectivity index (χ3n) is 3.82. The van der Waals surface area contributed by atoms with E-state index < -0.39 is 0 Å². The largest absolute Gasteiger partial charge is 0.495 e. The van der Waals surface area contributed by atoms with Crippen LogP contribution in [0.2, 0.25) is 0 Å². The van der Waals surface area contributed by atoms with E-state index in [0.29, 0.717) is 0 Å². The van der Waals surface area contributed by atoms with E-state index in [1.807, 2.05) is 40.9 Å². The number of rotatable bonds is 2. The zero-order valence-corrected chi connectivity index (χ0v) is 11.8. The van der Waals surface area contributed by atoms with Gasteiger partial charge in [0.05, 0.1) is 18.2 Å². The topological polar surface area (TPSA) is 46.5 Å². The Labute approximate surface area is 118 Å². The van der Waals surface area contributed by atoms with Crippen molar-refractivity contribution in [2.45, 2.75) is 0 Å². The minimum atomic E-state index is 0.102. The van der Waals surface area contributed by atoms with Crippen molar-refractivity contribution in [3.05, 3.63) is 30.0 Å². The van der Waals surface area contributed by atoms with E-state index in [1.165, 1.54) is 0 Å². The number of piperazine rings is 1. The lowest BCUT2D eigenvalue weighted by Gasteiger charge is -2.27. The van der Waals surface area contributed by atoms with Crippen LogP contribution in [0.25, 0.3) is 10.9 Å². The van der Waals surface area contributed by atoms with Crippen molar-refractivity contribution in [2.24, 2.45) is 7.05 Å². The zero-order chi connectivity index (χ0) is 14.1. The lowest BCUT2D eigenvalue weighted by molar-refractivity contribution is 0.0737. The number of nitrogens with one attached hydrogen (secondary N) is 1. The van der Waals surface area contributed by atoms with Crippen LogP contribution in [0.5, 0.6) is 5.75 Å². The number of methoxy groups -OCH3 is 1. The lowest BCUT2D eigenvalue weighted by Crippen LogP contribution is -2.46. The minimum absolute atomic E-state index is 0.102. The van der Waals surface area contributed by atoms with Gasteiger partial charge < -0.3 is 19.5 Å². The normalized spacial score (nSPS) is 15.6. The molecule has 1 fully saturated rings. The minimum Gasteiger partial charge on any atom is -0.495 e. The molecule has 1 N–H and O–H groups in total. The number of fused-ring (bicyclic) bond motifs is 1. The van der Waals surface area contributed by atoms with E-state index in [0.717, 1.165) is 48.4 Å². The van der Waals surface area contributed by atoms with Crippen LogP contribution in [-0.2, 0) is 7.05 Å². The molecular formula is C15H19N3O2. The van der Waals surface area contributed by atoms with Crippen molar-refractivity contribution in [3.8, 4) is 5.75 Å². The summed E-state index contributed by atoms with van der Waals surface area (Å²) in [5, 5.41) is 4.22. The van der Waals surface area contributed by atoms with Crippen molar-refractivity contribution in [3.63, 3.8) is 0 Å². The van der Waals surface area contributed by atoms with Crippen LogP contribution >= 0.6 is 0 Å². The van der Waals surface area contributed by atoms with Gasteiger partial charge in [-0.2, -0.15) is 0 Å². The van der Waals surface area contributed by atoms with Crippen LogP contribution in [-0.4, -0.2) is 48.7 Å². The Morgan fingerprint density at radius 3 is 2.75 bits per heavy atom. The number of aryl methyl sites for hydroxylation is 1. The number of carbonyl (C=O) groups is 1. The molecule has 1 amide bonds. The fourth-order valence-electron chi connectivity index (χ4n) is 2.80. The highest BCUT2D eigenvalue weighted by atomic mass is 16.5. The Kier molecular flexibility index (Phi) is 3.36. The summed E-state index contributed by atoms with van der Waals surface area (Å²) in [6, 6.07) is 5.82. The average Bonchev–Trinajstić information content (AvgIpc) is 2.85. The summed E-state index contributed by atoms with van der Waals surface area (Å²) in [5.41, 5.74) is 1.72. The molecule has 0 unspecified atom stereocenters. The summed E-state index contributed by atoms with van der Waals surface area (Å²) in [6.45, 7) is 3.25. The average molecular weight is 273 g/mol. The summed E-state index contributed by atoms with van der Waals surface area (Å²) < 4.78 is 7.35. The maximum absolute atomic E-state index is 12.7. The Morgan fingerprint density at radius 2 is 2.05 bits per heavy atom. The molecule has 2 heterocycles. The molecule has 1 aliphatic rings. The molecule has 0 atom stereocenters. The molecule has 0 radical (unpaired) electrons. The third-order valence-corrected chi connectivity index (χ3v) is 3.82.